The molecule has 0 aromatic heterocycles. The van der Waals surface area contributed by atoms with Crippen LogP contribution in [0, 0.1) is 4.91 Å². The second-order valence-corrected chi connectivity index (χ2v) is 2.26. The Morgan fingerprint density at radius 1 is 1.58 bits per heavy atom. The van der Waals surface area contributed by atoms with Crippen molar-refractivity contribution in [1.29, 1.82) is 0 Å². The van der Waals surface area contributed by atoms with Crippen LogP contribution < -0.4 is 4.74 Å². The van der Waals surface area contributed by atoms with Crippen LogP contribution >= 0.6 is 0 Å². The third-order valence-corrected chi connectivity index (χ3v) is 1.52. The van der Waals surface area contributed by atoms with Crippen LogP contribution in [0.25, 0.3) is 0 Å². The predicted octanol–water partition coefficient (Wildman–Crippen LogP) is 1.59. The van der Waals surface area contributed by atoms with E-state index in [1.807, 2.05) is 0 Å². The zero-order chi connectivity index (χ0) is 8.97. The van der Waals surface area contributed by atoms with Crippen molar-refractivity contribution in [2.75, 3.05) is 7.11 Å². The molecule has 4 nitrogen and oxygen atoms in total. The van der Waals surface area contributed by atoms with E-state index in [0.29, 0.717) is 11.3 Å². The van der Waals surface area contributed by atoms with Crippen molar-refractivity contribution in [2.24, 2.45) is 5.18 Å². The second kappa shape index (κ2) is 3.82. The summed E-state index contributed by atoms with van der Waals surface area (Å²) in [7, 11) is 1.46. The average molecular weight is 167 g/mol. The molecule has 0 atom stereocenters. The minimum atomic E-state index is -0.105. The van der Waals surface area contributed by atoms with Gasteiger partial charge in [0.05, 0.1) is 13.7 Å². The molecular weight excluding hydrogens is 158 g/mol. The van der Waals surface area contributed by atoms with E-state index in [1.54, 1.807) is 12.1 Å². The molecule has 0 aliphatic heterocycles. The van der Waals surface area contributed by atoms with Gasteiger partial charge >= 0.3 is 0 Å². The molecule has 1 rings (SSSR count). The van der Waals surface area contributed by atoms with Gasteiger partial charge in [-0.3, -0.25) is 0 Å². The Labute approximate surface area is 69.8 Å². The Kier molecular flexibility index (Phi) is 2.76. The topological polar surface area (TPSA) is 58.9 Å². The standard InChI is InChI=1S/C8H9NO3/c1-12-8-3-2-6(5-10)4-7(8)9-11/h2-4,10H,5H2,1H3. The summed E-state index contributed by atoms with van der Waals surface area (Å²) in [6.07, 6.45) is 0. The third-order valence-electron chi connectivity index (χ3n) is 1.52. The summed E-state index contributed by atoms with van der Waals surface area (Å²) in [5.41, 5.74) is 0.856. The zero-order valence-electron chi connectivity index (χ0n) is 6.65. The van der Waals surface area contributed by atoms with E-state index in [2.05, 4.69) is 5.18 Å². The van der Waals surface area contributed by atoms with Crippen LogP contribution in [0.3, 0.4) is 0 Å². The van der Waals surface area contributed by atoms with E-state index in [-0.39, 0.29) is 12.3 Å². The molecule has 4 heteroatoms. The van der Waals surface area contributed by atoms with Crippen molar-refractivity contribution in [1.82, 2.24) is 0 Å². The van der Waals surface area contributed by atoms with Crippen LogP contribution in [-0.2, 0) is 6.61 Å². The maximum atomic E-state index is 10.2. The lowest BCUT2D eigenvalue weighted by atomic mass is 10.2. The predicted molar refractivity (Wildman–Crippen MR) is 44.4 cm³/mol. The SMILES string of the molecule is COc1ccc(CO)cc1N=O. The van der Waals surface area contributed by atoms with Gasteiger partial charge in [0.15, 0.2) is 0 Å². The van der Waals surface area contributed by atoms with Gasteiger partial charge in [-0.15, -0.1) is 4.91 Å². The summed E-state index contributed by atoms with van der Waals surface area (Å²) in [6.45, 7) is -0.105. The molecular formula is C8H9NO3. The van der Waals surface area contributed by atoms with Crippen molar-refractivity contribution in [3.63, 3.8) is 0 Å². The lowest BCUT2D eigenvalue weighted by Gasteiger charge is -2.02. The molecule has 0 aliphatic carbocycles. The molecule has 0 radical (unpaired) electrons. The Hall–Kier alpha value is -1.42. The van der Waals surface area contributed by atoms with Gasteiger partial charge in [-0.2, -0.15) is 0 Å². The molecule has 1 aromatic carbocycles. The first-order valence-electron chi connectivity index (χ1n) is 3.43. The zero-order valence-corrected chi connectivity index (χ0v) is 6.65. The molecule has 0 aliphatic rings. The highest BCUT2D eigenvalue weighted by atomic mass is 16.5. The Morgan fingerprint density at radius 3 is 2.83 bits per heavy atom. The quantitative estimate of drug-likeness (QED) is 0.695. The molecule has 64 valence electrons. The summed E-state index contributed by atoms with van der Waals surface area (Å²) >= 11 is 0. The van der Waals surface area contributed by atoms with Crippen LogP contribution in [-0.4, -0.2) is 12.2 Å². The monoisotopic (exact) mass is 167 g/mol. The van der Waals surface area contributed by atoms with Crippen molar-refractivity contribution in [3.05, 3.63) is 28.7 Å². The average Bonchev–Trinajstić information content (AvgIpc) is 2.16. The van der Waals surface area contributed by atoms with Gasteiger partial charge in [0.1, 0.15) is 11.4 Å². The Balaban J connectivity index is 3.10. The number of hydrogen-bond donors (Lipinski definition) is 1. The van der Waals surface area contributed by atoms with E-state index < -0.39 is 0 Å². The number of aliphatic hydroxyl groups is 1. The van der Waals surface area contributed by atoms with Crippen molar-refractivity contribution >= 4 is 5.69 Å². The fourth-order valence-corrected chi connectivity index (χ4v) is 0.905. The smallest absolute Gasteiger partial charge is 0.150 e. The Bertz CT molecular complexity index is 286. The second-order valence-electron chi connectivity index (χ2n) is 2.26. The van der Waals surface area contributed by atoms with Gasteiger partial charge < -0.3 is 9.84 Å². The largest absolute Gasteiger partial charge is 0.494 e. The number of methoxy groups -OCH3 is 1. The summed E-state index contributed by atoms with van der Waals surface area (Å²) in [6, 6.07) is 4.77. The molecule has 0 unspecified atom stereocenters. The molecule has 0 bridgehead atoms. The van der Waals surface area contributed by atoms with Crippen LogP contribution in [0.4, 0.5) is 5.69 Å². The molecule has 1 N–H and O–H groups in total. The third kappa shape index (κ3) is 1.60. The summed E-state index contributed by atoms with van der Waals surface area (Å²) in [5.74, 6) is 0.419. The molecule has 1 aromatic rings. The fourth-order valence-electron chi connectivity index (χ4n) is 0.905. The van der Waals surface area contributed by atoms with Gasteiger partial charge in [-0.05, 0) is 22.9 Å². The highest BCUT2D eigenvalue weighted by Crippen LogP contribution is 2.27. The van der Waals surface area contributed by atoms with Crippen molar-refractivity contribution in [3.8, 4) is 5.75 Å². The first-order chi connectivity index (χ1) is 5.81. The first-order valence-corrected chi connectivity index (χ1v) is 3.43. The molecule has 0 saturated carbocycles. The van der Waals surface area contributed by atoms with Gasteiger partial charge in [-0.25, -0.2) is 0 Å². The van der Waals surface area contributed by atoms with Gasteiger partial charge in [-0.1, -0.05) is 6.07 Å². The highest BCUT2D eigenvalue weighted by molar-refractivity contribution is 5.53. The number of hydrogen-bond acceptors (Lipinski definition) is 4. The number of rotatable bonds is 3. The molecule has 0 spiro atoms. The van der Waals surface area contributed by atoms with Crippen molar-refractivity contribution < 1.29 is 9.84 Å². The van der Waals surface area contributed by atoms with E-state index in [1.165, 1.54) is 13.2 Å². The van der Waals surface area contributed by atoms with E-state index in [0.717, 1.165) is 0 Å². The van der Waals surface area contributed by atoms with Crippen LogP contribution in [0.5, 0.6) is 5.75 Å². The number of ether oxygens (including phenoxy) is 1. The number of aliphatic hydroxyl groups excluding tert-OH is 1. The van der Waals surface area contributed by atoms with Crippen LogP contribution in [0.1, 0.15) is 5.56 Å². The Morgan fingerprint density at radius 2 is 2.33 bits per heavy atom. The number of nitrogens with zero attached hydrogens (tertiary/aromatic N) is 1. The van der Waals surface area contributed by atoms with Crippen LogP contribution in [0.2, 0.25) is 0 Å². The molecule has 0 amide bonds. The minimum absolute atomic E-state index is 0.105. The summed E-state index contributed by atoms with van der Waals surface area (Å²) < 4.78 is 4.86. The number of nitroso groups, excluding NO2 is 1. The normalized spacial score (nSPS) is 9.50. The fraction of sp³-hybridized carbons (Fsp3) is 0.250. The molecule has 0 fully saturated rings. The van der Waals surface area contributed by atoms with E-state index >= 15 is 0 Å². The van der Waals surface area contributed by atoms with Gasteiger partial charge in [0, 0.05) is 0 Å². The van der Waals surface area contributed by atoms with E-state index in [9.17, 15) is 4.91 Å². The van der Waals surface area contributed by atoms with Gasteiger partial charge in [0.2, 0.25) is 0 Å². The maximum absolute atomic E-state index is 10.2. The summed E-state index contributed by atoms with van der Waals surface area (Å²) in [4.78, 5) is 10.2. The highest BCUT2D eigenvalue weighted by Gasteiger charge is 2.03. The lowest BCUT2D eigenvalue weighted by molar-refractivity contribution is 0.281. The maximum Gasteiger partial charge on any atom is 0.150 e. The molecule has 0 heterocycles. The molecule has 0 saturated heterocycles. The van der Waals surface area contributed by atoms with Crippen LogP contribution in [0.15, 0.2) is 23.4 Å². The number of benzene rings is 1. The van der Waals surface area contributed by atoms with Gasteiger partial charge in [0.25, 0.3) is 0 Å². The molecule has 12 heavy (non-hydrogen) atoms. The first kappa shape index (κ1) is 8.67. The summed E-state index contributed by atoms with van der Waals surface area (Å²) in [5, 5.41) is 11.5. The lowest BCUT2D eigenvalue weighted by Crippen LogP contribution is -1.86. The van der Waals surface area contributed by atoms with E-state index in [4.69, 9.17) is 9.84 Å². The minimum Gasteiger partial charge on any atom is -0.494 e. The van der Waals surface area contributed by atoms with Crippen molar-refractivity contribution in [2.45, 2.75) is 6.61 Å².